The number of carbonyl (C=O) groups is 1. The largest absolute Gasteiger partial charge is 0.325 e. The molecule has 0 spiro atoms. The lowest BCUT2D eigenvalue weighted by Gasteiger charge is -2.12. The van der Waals surface area contributed by atoms with Crippen LogP contribution >= 0.6 is 34.4 Å². The fourth-order valence-electron chi connectivity index (χ4n) is 2.57. The number of aromatic nitrogens is 2. The summed E-state index contributed by atoms with van der Waals surface area (Å²) in [6.07, 6.45) is 0.822. The average molecular weight is 479 g/mol. The van der Waals surface area contributed by atoms with E-state index < -0.39 is 0 Å². The monoisotopic (exact) mass is 479 g/mol. The van der Waals surface area contributed by atoms with E-state index in [1.165, 1.54) is 11.8 Å². The Morgan fingerprint density at radius 2 is 2.04 bits per heavy atom. The Morgan fingerprint density at radius 1 is 1.23 bits per heavy atom. The Hall–Kier alpha value is -1.87. The van der Waals surface area contributed by atoms with Crippen LogP contribution in [0.2, 0.25) is 0 Å². The number of carbonyl (C=O) groups excluding carboxylic acids is 1. The molecule has 0 aliphatic rings. The summed E-state index contributed by atoms with van der Waals surface area (Å²) in [7, 11) is 0. The van der Waals surface area contributed by atoms with Gasteiger partial charge in [0.2, 0.25) is 5.91 Å². The zero-order chi connectivity index (χ0) is 18.5. The quantitative estimate of drug-likeness (QED) is 0.328. The van der Waals surface area contributed by atoms with Crippen molar-refractivity contribution >= 4 is 56.9 Å². The summed E-state index contributed by atoms with van der Waals surface area (Å²) in [5.41, 5.74) is 1.36. The van der Waals surface area contributed by atoms with E-state index in [0.29, 0.717) is 22.6 Å². The molecule has 2 aromatic carbocycles. The van der Waals surface area contributed by atoms with E-state index in [1.54, 1.807) is 10.6 Å². The van der Waals surface area contributed by atoms with Crippen LogP contribution in [0.25, 0.3) is 10.9 Å². The SMILES string of the molecule is CCCn1c(SCC(=O)Nc2cccc(I)c2)nc2ccccc2c1=O. The molecule has 7 heteroatoms. The molecule has 1 heterocycles. The van der Waals surface area contributed by atoms with Gasteiger partial charge in [-0.15, -0.1) is 0 Å². The predicted octanol–water partition coefficient (Wildman–Crippen LogP) is 4.14. The molecule has 1 aromatic heterocycles. The van der Waals surface area contributed by atoms with Gasteiger partial charge in [0, 0.05) is 15.8 Å². The lowest BCUT2D eigenvalue weighted by molar-refractivity contribution is -0.113. The molecule has 0 atom stereocenters. The highest BCUT2D eigenvalue weighted by molar-refractivity contribution is 14.1. The van der Waals surface area contributed by atoms with E-state index in [9.17, 15) is 9.59 Å². The number of halogens is 1. The molecule has 0 aliphatic heterocycles. The molecule has 3 rings (SSSR count). The van der Waals surface area contributed by atoms with Crippen molar-refractivity contribution in [3.63, 3.8) is 0 Å². The third-order valence-electron chi connectivity index (χ3n) is 3.71. The van der Waals surface area contributed by atoms with Crippen molar-refractivity contribution in [3.05, 3.63) is 62.5 Å². The minimum Gasteiger partial charge on any atom is -0.325 e. The number of anilines is 1. The van der Waals surface area contributed by atoms with Gasteiger partial charge in [0.25, 0.3) is 5.56 Å². The first-order chi connectivity index (χ1) is 12.6. The Labute approximate surface area is 169 Å². The normalized spacial score (nSPS) is 10.8. The van der Waals surface area contributed by atoms with Crippen LogP contribution in [-0.4, -0.2) is 21.2 Å². The molecule has 0 aliphatic carbocycles. The number of hydrogen-bond donors (Lipinski definition) is 1. The van der Waals surface area contributed by atoms with Gasteiger partial charge < -0.3 is 5.32 Å². The number of thioether (sulfide) groups is 1. The second-order valence-corrected chi connectivity index (χ2v) is 7.90. The third-order valence-corrected chi connectivity index (χ3v) is 5.36. The zero-order valence-electron chi connectivity index (χ0n) is 14.2. The molecule has 0 saturated heterocycles. The van der Waals surface area contributed by atoms with Gasteiger partial charge in [-0.05, 0) is 59.3 Å². The van der Waals surface area contributed by atoms with Gasteiger partial charge in [0.1, 0.15) is 0 Å². The van der Waals surface area contributed by atoms with Gasteiger partial charge in [-0.25, -0.2) is 4.98 Å². The van der Waals surface area contributed by atoms with Crippen LogP contribution < -0.4 is 10.9 Å². The van der Waals surface area contributed by atoms with Crippen molar-refractivity contribution in [1.29, 1.82) is 0 Å². The van der Waals surface area contributed by atoms with Crippen LogP contribution in [0.5, 0.6) is 0 Å². The number of para-hydroxylation sites is 1. The van der Waals surface area contributed by atoms with Gasteiger partial charge in [-0.1, -0.05) is 36.9 Å². The van der Waals surface area contributed by atoms with Crippen molar-refractivity contribution in [1.82, 2.24) is 9.55 Å². The Morgan fingerprint density at radius 3 is 2.81 bits per heavy atom. The number of nitrogens with zero attached hydrogens (tertiary/aromatic N) is 2. The highest BCUT2D eigenvalue weighted by atomic mass is 127. The summed E-state index contributed by atoms with van der Waals surface area (Å²) >= 11 is 3.49. The van der Waals surface area contributed by atoms with Gasteiger partial charge >= 0.3 is 0 Å². The molecule has 1 amide bonds. The molecule has 0 unspecified atom stereocenters. The van der Waals surface area contributed by atoms with Gasteiger partial charge in [-0.2, -0.15) is 0 Å². The maximum Gasteiger partial charge on any atom is 0.262 e. The fraction of sp³-hybridized carbons (Fsp3) is 0.211. The molecule has 0 bridgehead atoms. The van der Waals surface area contributed by atoms with Gasteiger partial charge in [0.05, 0.1) is 16.7 Å². The van der Waals surface area contributed by atoms with Crippen molar-refractivity contribution in [2.24, 2.45) is 0 Å². The second-order valence-electron chi connectivity index (χ2n) is 5.72. The predicted molar refractivity (Wildman–Crippen MR) is 115 cm³/mol. The summed E-state index contributed by atoms with van der Waals surface area (Å²) in [4.78, 5) is 29.6. The third kappa shape index (κ3) is 4.45. The Bertz CT molecular complexity index is 1000. The Kier molecular flexibility index (Phi) is 6.31. The highest BCUT2D eigenvalue weighted by Gasteiger charge is 2.13. The van der Waals surface area contributed by atoms with Gasteiger partial charge in [-0.3, -0.25) is 14.2 Å². The molecular formula is C19H18IN3O2S. The number of rotatable bonds is 6. The van der Waals surface area contributed by atoms with Crippen LogP contribution in [0.3, 0.4) is 0 Å². The van der Waals surface area contributed by atoms with Crippen molar-refractivity contribution < 1.29 is 4.79 Å². The van der Waals surface area contributed by atoms with Crippen LogP contribution in [0.4, 0.5) is 5.69 Å². The van der Waals surface area contributed by atoms with E-state index in [-0.39, 0.29) is 17.2 Å². The van der Waals surface area contributed by atoms with Crippen molar-refractivity contribution in [2.45, 2.75) is 25.0 Å². The molecule has 0 radical (unpaired) electrons. The van der Waals surface area contributed by atoms with E-state index in [4.69, 9.17) is 0 Å². The first-order valence-electron chi connectivity index (χ1n) is 8.26. The van der Waals surface area contributed by atoms with E-state index in [0.717, 1.165) is 15.7 Å². The lowest BCUT2D eigenvalue weighted by atomic mass is 10.2. The first kappa shape index (κ1) is 18.9. The maximum absolute atomic E-state index is 12.7. The summed E-state index contributed by atoms with van der Waals surface area (Å²) in [5.74, 6) is 0.0717. The summed E-state index contributed by atoms with van der Waals surface area (Å²) in [6.45, 7) is 2.59. The molecule has 5 nitrogen and oxygen atoms in total. The fourth-order valence-corrected chi connectivity index (χ4v) is 3.94. The summed E-state index contributed by atoms with van der Waals surface area (Å²) in [5, 5.41) is 4.06. The smallest absolute Gasteiger partial charge is 0.262 e. The molecular weight excluding hydrogens is 461 g/mol. The zero-order valence-corrected chi connectivity index (χ0v) is 17.2. The topological polar surface area (TPSA) is 64.0 Å². The van der Waals surface area contributed by atoms with Crippen LogP contribution in [-0.2, 0) is 11.3 Å². The minimum absolute atomic E-state index is 0.0574. The number of benzene rings is 2. The summed E-state index contributed by atoms with van der Waals surface area (Å²) in [6, 6.07) is 14.9. The molecule has 134 valence electrons. The van der Waals surface area contributed by atoms with E-state index >= 15 is 0 Å². The first-order valence-corrected chi connectivity index (χ1v) is 10.3. The molecule has 0 saturated carbocycles. The summed E-state index contributed by atoms with van der Waals surface area (Å²) < 4.78 is 2.71. The number of fused-ring (bicyclic) bond motifs is 1. The average Bonchev–Trinajstić information content (AvgIpc) is 2.63. The molecule has 0 fully saturated rings. The lowest BCUT2D eigenvalue weighted by Crippen LogP contribution is -2.24. The van der Waals surface area contributed by atoms with Crippen LogP contribution in [0, 0.1) is 3.57 Å². The van der Waals surface area contributed by atoms with E-state index in [1.807, 2.05) is 49.4 Å². The van der Waals surface area contributed by atoms with Crippen LogP contribution in [0.1, 0.15) is 13.3 Å². The second kappa shape index (κ2) is 8.68. The standard InChI is InChI=1S/C19H18IN3O2S/c1-2-10-23-18(25)15-8-3-4-9-16(15)22-19(23)26-12-17(24)21-14-7-5-6-13(20)11-14/h3-9,11H,2,10,12H2,1H3,(H,21,24). The highest BCUT2D eigenvalue weighted by Crippen LogP contribution is 2.19. The number of nitrogens with one attached hydrogen (secondary N) is 1. The minimum atomic E-state index is -0.123. The van der Waals surface area contributed by atoms with Crippen LogP contribution in [0.15, 0.2) is 58.5 Å². The van der Waals surface area contributed by atoms with Crippen molar-refractivity contribution in [2.75, 3.05) is 11.1 Å². The molecule has 26 heavy (non-hydrogen) atoms. The number of hydrogen-bond acceptors (Lipinski definition) is 4. The van der Waals surface area contributed by atoms with E-state index in [2.05, 4.69) is 32.9 Å². The molecule has 1 N–H and O–H groups in total. The van der Waals surface area contributed by atoms with Gasteiger partial charge in [0.15, 0.2) is 5.16 Å². The molecule has 3 aromatic rings. The number of amides is 1. The Balaban J connectivity index is 1.80. The van der Waals surface area contributed by atoms with Crippen molar-refractivity contribution in [3.8, 4) is 0 Å². The maximum atomic E-state index is 12.7.